The fourth-order valence-corrected chi connectivity index (χ4v) is 4.21. The molecule has 0 aromatic heterocycles. The van der Waals surface area contributed by atoms with Crippen molar-refractivity contribution in [3.63, 3.8) is 0 Å². The van der Waals surface area contributed by atoms with Crippen molar-refractivity contribution in [2.24, 2.45) is 5.41 Å². The van der Waals surface area contributed by atoms with Crippen LogP contribution in [0.3, 0.4) is 0 Å². The highest BCUT2D eigenvalue weighted by Gasteiger charge is 2.42. The van der Waals surface area contributed by atoms with Crippen molar-refractivity contribution in [3.05, 3.63) is 89.7 Å². The number of rotatable bonds is 2. The van der Waals surface area contributed by atoms with Crippen molar-refractivity contribution < 1.29 is 38.2 Å². The number of ether oxygens (including phenoxy) is 1. The van der Waals surface area contributed by atoms with Crippen molar-refractivity contribution in [2.75, 3.05) is 7.05 Å². The van der Waals surface area contributed by atoms with Crippen LogP contribution in [0.2, 0.25) is 0 Å². The van der Waals surface area contributed by atoms with Gasteiger partial charge in [0.1, 0.15) is 18.6 Å². The number of hydrogen-bond acceptors (Lipinski definition) is 5. The molecule has 0 unspecified atom stereocenters. The summed E-state index contributed by atoms with van der Waals surface area (Å²) in [5.74, 6) is 1.92. The number of nitrogens with zero attached hydrogens (tertiary/aromatic N) is 1. The SMILES string of the molecule is C[N+]1=C(/C=C/C=C2/C=C(C(C)(C)C)Oc3ccccc32)C(C)(C)c2ccccc21.[O-][Cl+3]([O-])([O-])[O-]. The maximum atomic E-state index is 8.49. The summed E-state index contributed by atoms with van der Waals surface area (Å²) >= 11 is 0. The molecule has 0 N–H and O–H groups in total. The number of allylic oxidation sites excluding steroid dienone is 6. The van der Waals surface area contributed by atoms with Crippen LogP contribution in [-0.2, 0) is 5.41 Å². The third-order valence-corrected chi connectivity index (χ3v) is 5.91. The maximum absolute atomic E-state index is 8.49. The molecule has 0 fully saturated rings. The zero-order chi connectivity index (χ0) is 25.3. The molecule has 2 heterocycles. The minimum atomic E-state index is -4.94. The average molecular weight is 484 g/mol. The van der Waals surface area contributed by atoms with Crippen LogP contribution in [-0.4, -0.2) is 17.3 Å². The summed E-state index contributed by atoms with van der Waals surface area (Å²) in [5.41, 5.74) is 6.23. The van der Waals surface area contributed by atoms with Crippen molar-refractivity contribution in [1.82, 2.24) is 0 Å². The number of benzene rings is 2. The molecule has 0 radical (unpaired) electrons. The second kappa shape index (κ2) is 9.49. The molecule has 2 aromatic rings. The zero-order valence-electron chi connectivity index (χ0n) is 20.3. The molecule has 34 heavy (non-hydrogen) atoms. The van der Waals surface area contributed by atoms with E-state index in [1.165, 1.54) is 22.5 Å². The number of halogens is 1. The van der Waals surface area contributed by atoms with Gasteiger partial charge in [-0.2, -0.15) is 4.58 Å². The number of hydrogen-bond donors (Lipinski definition) is 0. The van der Waals surface area contributed by atoms with Gasteiger partial charge in [-0.05, 0) is 31.6 Å². The summed E-state index contributed by atoms with van der Waals surface area (Å²) in [7, 11) is -2.79. The van der Waals surface area contributed by atoms with Gasteiger partial charge in [-0.25, -0.2) is 18.6 Å². The fraction of sp³-hybridized carbons (Fsp3) is 0.296. The predicted octanol–water partition coefficient (Wildman–Crippen LogP) is 1.90. The van der Waals surface area contributed by atoms with Gasteiger partial charge in [0.15, 0.2) is 5.71 Å². The molecule has 2 aliphatic rings. The molecule has 0 amide bonds. The molecule has 0 atom stereocenters. The van der Waals surface area contributed by atoms with Gasteiger partial charge in [-0.3, -0.25) is 0 Å². The molecule has 6 nitrogen and oxygen atoms in total. The summed E-state index contributed by atoms with van der Waals surface area (Å²) in [4.78, 5) is 0. The van der Waals surface area contributed by atoms with Crippen molar-refractivity contribution in [1.29, 1.82) is 0 Å². The molecule has 0 saturated carbocycles. The Morgan fingerprint density at radius 1 is 0.941 bits per heavy atom. The molecule has 2 aliphatic heterocycles. The first kappa shape index (κ1) is 25.9. The Bertz CT molecular complexity index is 1190. The molecule has 0 aliphatic carbocycles. The van der Waals surface area contributed by atoms with Crippen LogP contribution in [0.4, 0.5) is 5.69 Å². The van der Waals surface area contributed by atoms with Crippen LogP contribution in [0.15, 0.2) is 78.6 Å². The van der Waals surface area contributed by atoms with Gasteiger partial charge in [-0.1, -0.05) is 69.3 Å². The maximum Gasteiger partial charge on any atom is 0.209 e. The summed E-state index contributed by atoms with van der Waals surface area (Å²) < 4.78 is 42.5. The van der Waals surface area contributed by atoms with Crippen LogP contribution >= 0.6 is 0 Å². The van der Waals surface area contributed by atoms with Crippen LogP contribution in [0.1, 0.15) is 45.7 Å². The fourth-order valence-electron chi connectivity index (χ4n) is 4.21. The van der Waals surface area contributed by atoms with Gasteiger partial charge in [0.05, 0.1) is 5.41 Å². The van der Waals surface area contributed by atoms with Crippen LogP contribution < -0.4 is 23.4 Å². The van der Waals surface area contributed by atoms with Gasteiger partial charge in [0.2, 0.25) is 5.69 Å². The first-order valence-electron chi connectivity index (χ1n) is 10.9. The van der Waals surface area contributed by atoms with Crippen molar-refractivity contribution >= 4 is 17.0 Å². The summed E-state index contributed by atoms with van der Waals surface area (Å²) in [6.07, 6.45) is 8.80. The van der Waals surface area contributed by atoms with Crippen molar-refractivity contribution in [2.45, 2.75) is 40.0 Å². The lowest BCUT2D eigenvalue weighted by atomic mass is 9.81. The van der Waals surface area contributed by atoms with E-state index >= 15 is 0 Å². The predicted molar refractivity (Wildman–Crippen MR) is 122 cm³/mol. The minimum absolute atomic E-state index is 0.0135. The minimum Gasteiger partial charge on any atom is -0.461 e. The van der Waals surface area contributed by atoms with E-state index in [9.17, 15) is 0 Å². The standard InChI is InChI=1S/C27H30NO.ClHO4/c1-26(2,3)25-18-19(20-13-7-10-16-23(20)29-25)12-11-17-24-27(4,5)21-14-8-9-15-22(21)28(24)6;2-1(3,4)5/h7-18H,1-6H3;(H,2,3,4,5)/q+1;/p-1/b17-11+,19-12-;. The Kier molecular flexibility index (Phi) is 7.22. The van der Waals surface area contributed by atoms with E-state index < -0.39 is 10.2 Å². The lowest BCUT2D eigenvalue weighted by Crippen LogP contribution is -2.68. The topological polar surface area (TPSA) is 104 Å². The van der Waals surface area contributed by atoms with Crippen LogP contribution in [0.25, 0.3) is 5.57 Å². The highest BCUT2D eigenvalue weighted by atomic mass is 35.7. The summed E-state index contributed by atoms with van der Waals surface area (Å²) in [6, 6.07) is 16.9. The third kappa shape index (κ3) is 5.84. The van der Waals surface area contributed by atoms with E-state index in [1.807, 2.05) is 12.1 Å². The second-order valence-corrected chi connectivity index (χ2v) is 10.6. The molecule has 7 heteroatoms. The average Bonchev–Trinajstić information content (AvgIpc) is 2.92. The lowest BCUT2D eigenvalue weighted by Gasteiger charge is -2.28. The van der Waals surface area contributed by atoms with Gasteiger partial charge < -0.3 is 4.74 Å². The Balaban J connectivity index is 0.000000588. The highest BCUT2D eigenvalue weighted by molar-refractivity contribution is 6.03. The van der Waals surface area contributed by atoms with E-state index in [0.717, 1.165) is 17.1 Å². The van der Waals surface area contributed by atoms with E-state index in [0.29, 0.717) is 0 Å². The number of para-hydroxylation sites is 2. The van der Waals surface area contributed by atoms with Gasteiger partial charge >= 0.3 is 0 Å². The molecule has 180 valence electrons. The van der Waals surface area contributed by atoms with Gasteiger partial charge in [0, 0.05) is 28.7 Å². The van der Waals surface area contributed by atoms with Crippen LogP contribution in [0, 0.1) is 15.7 Å². The van der Waals surface area contributed by atoms with E-state index in [1.54, 1.807) is 0 Å². The quantitative estimate of drug-likeness (QED) is 0.607. The van der Waals surface area contributed by atoms with E-state index in [4.69, 9.17) is 23.4 Å². The van der Waals surface area contributed by atoms with E-state index in [2.05, 4.69) is 107 Å². The molecular formula is C27H30ClNO5. The molecule has 0 spiro atoms. The van der Waals surface area contributed by atoms with E-state index in [-0.39, 0.29) is 10.8 Å². The molecule has 0 bridgehead atoms. The molecule has 2 aromatic carbocycles. The smallest absolute Gasteiger partial charge is 0.209 e. The molecular weight excluding hydrogens is 454 g/mol. The van der Waals surface area contributed by atoms with Crippen LogP contribution in [0.5, 0.6) is 5.75 Å². The Morgan fingerprint density at radius 2 is 1.53 bits per heavy atom. The zero-order valence-corrected chi connectivity index (χ0v) is 21.1. The first-order valence-corrected chi connectivity index (χ1v) is 12.1. The normalized spacial score (nSPS) is 18.2. The lowest BCUT2D eigenvalue weighted by molar-refractivity contribution is -2.00. The summed E-state index contributed by atoms with van der Waals surface area (Å²) in [5, 5.41) is 0. The second-order valence-electron chi connectivity index (χ2n) is 9.80. The van der Waals surface area contributed by atoms with Gasteiger partial charge in [-0.15, -0.1) is 10.2 Å². The molecule has 0 saturated heterocycles. The Morgan fingerprint density at radius 3 is 2.15 bits per heavy atom. The van der Waals surface area contributed by atoms with Crippen molar-refractivity contribution in [3.8, 4) is 5.75 Å². The largest absolute Gasteiger partial charge is 0.461 e. The molecule has 4 rings (SSSR count). The summed E-state index contributed by atoms with van der Waals surface area (Å²) in [6.45, 7) is 11.1. The Hall–Kier alpha value is -2.74. The number of fused-ring (bicyclic) bond motifs is 2. The van der Waals surface area contributed by atoms with Gasteiger partial charge in [0.25, 0.3) is 0 Å². The Labute approximate surface area is 203 Å². The third-order valence-electron chi connectivity index (χ3n) is 5.91. The monoisotopic (exact) mass is 483 g/mol. The highest BCUT2D eigenvalue weighted by Crippen LogP contribution is 2.40. The first-order chi connectivity index (χ1) is 15.7.